The zero-order chi connectivity index (χ0) is 16.9. The lowest BCUT2D eigenvalue weighted by Crippen LogP contribution is -2.29. The number of benzene rings is 1. The monoisotopic (exact) mass is 345 g/mol. The molecule has 0 saturated carbocycles. The first-order chi connectivity index (χ1) is 10.9. The number of carbonyl (C=O) groups excluding carboxylic acids is 1. The number of nitrogens with one attached hydrogen (secondary N) is 2. The number of nitrogens with zero attached hydrogens (tertiary/aromatic N) is 1. The highest BCUT2D eigenvalue weighted by molar-refractivity contribution is 7.14. The first-order valence-corrected chi connectivity index (χ1v) is 7.57. The number of alkyl halides is 3. The molecule has 0 aliphatic rings. The van der Waals surface area contributed by atoms with E-state index < -0.39 is 17.8 Å². The van der Waals surface area contributed by atoms with Crippen LogP contribution in [0.3, 0.4) is 0 Å². The number of aliphatic hydroxyl groups is 1. The molecule has 0 aliphatic heterocycles. The van der Waals surface area contributed by atoms with Crippen molar-refractivity contribution in [2.24, 2.45) is 0 Å². The number of aliphatic hydroxyl groups excluding tert-OH is 1. The van der Waals surface area contributed by atoms with E-state index in [1.54, 1.807) is 5.38 Å². The van der Waals surface area contributed by atoms with E-state index in [9.17, 15) is 18.0 Å². The van der Waals surface area contributed by atoms with Crippen LogP contribution in [0.15, 0.2) is 29.6 Å². The Bertz CT molecular complexity index is 673. The molecule has 2 amide bonds. The van der Waals surface area contributed by atoms with Gasteiger partial charge < -0.3 is 10.4 Å². The molecule has 0 atom stereocenters. The molecule has 3 N–H and O–H groups in total. The Hall–Kier alpha value is -2.13. The first kappa shape index (κ1) is 17.2. The molecule has 0 aliphatic carbocycles. The summed E-state index contributed by atoms with van der Waals surface area (Å²) < 4.78 is 38.1. The summed E-state index contributed by atoms with van der Waals surface area (Å²) in [5, 5.41) is 15.5. The van der Waals surface area contributed by atoms with E-state index in [1.165, 1.54) is 12.1 Å². The quantitative estimate of drug-likeness (QED) is 0.728. The number of urea groups is 1. The lowest BCUT2D eigenvalue weighted by Gasteiger charge is -2.07. The second-order valence-electron chi connectivity index (χ2n) is 4.57. The molecule has 0 radical (unpaired) electrons. The molecule has 1 heterocycles. The summed E-state index contributed by atoms with van der Waals surface area (Å²) in [6.07, 6.45) is -3.99. The topological polar surface area (TPSA) is 74.2 Å². The molecule has 0 saturated heterocycles. The third-order valence-corrected chi connectivity index (χ3v) is 3.59. The number of hydrogen-bond acceptors (Lipinski definition) is 4. The average molecular weight is 345 g/mol. The molecule has 124 valence electrons. The number of amides is 2. The zero-order valence-electron chi connectivity index (χ0n) is 11.9. The van der Waals surface area contributed by atoms with Crippen LogP contribution in [-0.2, 0) is 6.18 Å². The van der Waals surface area contributed by atoms with E-state index in [-0.39, 0.29) is 11.7 Å². The van der Waals surface area contributed by atoms with Crippen molar-refractivity contribution in [1.82, 2.24) is 10.3 Å². The second-order valence-corrected chi connectivity index (χ2v) is 5.43. The minimum absolute atomic E-state index is 0.0305. The van der Waals surface area contributed by atoms with Crippen molar-refractivity contribution in [2.45, 2.75) is 12.6 Å². The Labute approximate surface area is 134 Å². The van der Waals surface area contributed by atoms with Crippen molar-refractivity contribution in [3.8, 4) is 11.3 Å². The summed E-state index contributed by atoms with van der Waals surface area (Å²) in [5.41, 5.74) is -0.0733. The van der Waals surface area contributed by atoms with Crippen LogP contribution in [0, 0.1) is 0 Å². The Morgan fingerprint density at radius 1 is 1.35 bits per heavy atom. The fourth-order valence-electron chi connectivity index (χ4n) is 1.74. The van der Waals surface area contributed by atoms with Crippen molar-refractivity contribution in [3.05, 3.63) is 35.2 Å². The molecular weight excluding hydrogens is 331 g/mol. The van der Waals surface area contributed by atoms with Gasteiger partial charge in [-0.2, -0.15) is 13.2 Å². The normalized spacial score (nSPS) is 11.3. The van der Waals surface area contributed by atoms with Crippen LogP contribution in [0.2, 0.25) is 0 Å². The Morgan fingerprint density at radius 3 is 2.83 bits per heavy atom. The Balaban J connectivity index is 2.06. The van der Waals surface area contributed by atoms with Gasteiger partial charge in [-0.1, -0.05) is 12.1 Å². The third-order valence-electron chi connectivity index (χ3n) is 2.83. The van der Waals surface area contributed by atoms with Gasteiger partial charge in [0.15, 0.2) is 5.13 Å². The van der Waals surface area contributed by atoms with Crippen LogP contribution in [0.4, 0.5) is 23.1 Å². The molecule has 1 aromatic heterocycles. The minimum Gasteiger partial charge on any atom is -0.396 e. The molecule has 0 unspecified atom stereocenters. The maximum absolute atomic E-state index is 12.7. The highest BCUT2D eigenvalue weighted by atomic mass is 32.1. The number of aromatic nitrogens is 1. The molecule has 0 bridgehead atoms. The lowest BCUT2D eigenvalue weighted by atomic mass is 10.1. The maximum atomic E-state index is 12.7. The zero-order valence-corrected chi connectivity index (χ0v) is 12.7. The van der Waals surface area contributed by atoms with E-state index in [0.29, 0.717) is 24.2 Å². The highest BCUT2D eigenvalue weighted by Gasteiger charge is 2.30. The van der Waals surface area contributed by atoms with Crippen LogP contribution >= 0.6 is 11.3 Å². The summed E-state index contributed by atoms with van der Waals surface area (Å²) in [6.45, 7) is 0.283. The van der Waals surface area contributed by atoms with Crippen molar-refractivity contribution in [2.75, 3.05) is 18.5 Å². The van der Waals surface area contributed by atoms with Gasteiger partial charge in [-0.3, -0.25) is 5.32 Å². The summed E-state index contributed by atoms with van der Waals surface area (Å²) in [7, 11) is 0. The van der Waals surface area contributed by atoms with E-state index >= 15 is 0 Å². The first-order valence-electron chi connectivity index (χ1n) is 6.69. The van der Waals surface area contributed by atoms with Gasteiger partial charge >= 0.3 is 12.2 Å². The number of thiazole rings is 1. The van der Waals surface area contributed by atoms with E-state index in [1.807, 2.05) is 0 Å². The fourth-order valence-corrected chi connectivity index (χ4v) is 2.46. The Morgan fingerprint density at radius 2 is 2.13 bits per heavy atom. The standard InChI is InChI=1S/C14H14F3N3O2S/c15-14(16,17)10-4-1-3-9(7-10)11-8-23-13(19-11)20-12(22)18-5-2-6-21/h1,3-4,7-8,21H,2,5-6H2,(H2,18,19,20,22). The average Bonchev–Trinajstić information content (AvgIpc) is 2.95. The van der Waals surface area contributed by atoms with Crippen LogP contribution in [0.25, 0.3) is 11.3 Å². The SMILES string of the molecule is O=C(NCCCO)Nc1nc(-c2cccc(C(F)(F)F)c2)cs1. The van der Waals surface area contributed by atoms with Crippen molar-refractivity contribution < 1.29 is 23.1 Å². The fraction of sp³-hybridized carbons (Fsp3) is 0.286. The van der Waals surface area contributed by atoms with Crippen LogP contribution < -0.4 is 10.6 Å². The largest absolute Gasteiger partial charge is 0.416 e. The molecule has 2 aromatic rings. The van der Waals surface area contributed by atoms with Gasteiger partial charge in [0.05, 0.1) is 11.3 Å². The molecule has 5 nitrogen and oxygen atoms in total. The highest BCUT2D eigenvalue weighted by Crippen LogP contribution is 2.33. The number of rotatable bonds is 5. The molecule has 1 aromatic carbocycles. The summed E-state index contributed by atoms with van der Waals surface area (Å²) in [4.78, 5) is 15.6. The van der Waals surface area contributed by atoms with Gasteiger partial charge in [0, 0.05) is 24.1 Å². The van der Waals surface area contributed by atoms with Crippen molar-refractivity contribution >= 4 is 22.5 Å². The molecule has 9 heteroatoms. The van der Waals surface area contributed by atoms with Gasteiger partial charge in [0.25, 0.3) is 0 Å². The smallest absolute Gasteiger partial charge is 0.396 e. The number of halogens is 3. The van der Waals surface area contributed by atoms with E-state index in [4.69, 9.17) is 5.11 Å². The van der Waals surface area contributed by atoms with E-state index in [0.717, 1.165) is 23.5 Å². The van der Waals surface area contributed by atoms with Crippen LogP contribution in [-0.4, -0.2) is 29.3 Å². The molecule has 2 rings (SSSR count). The predicted molar refractivity (Wildman–Crippen MR) is 81.3 cm³/mol. The Kier molecular flexibility index (Phi) is 5.56. The summed E-state index contributed by atoms with van der Waals surface area (Å²) >= 11 is 1.11. The lowest BCUT2D eigenvalue weighted by molar-refractivity contribution is -0.137. The molecule has 23 heavy (non-hydrogen) atoms. The number of hydrogen-bond donors (Lipinski definition) is 3. The summed E-state index contributed by atoms with van der Waals surface area (Å²) in [5.74, 6) is 0. The van der Waals surface area contributed by atoms with Crippen LogP contribution in [0.1, 0.15) is 12.0 Å². The summed E-state index contributed by atoms with van der Waals surface area (Å²) in [6, 6.07) is 4.36. The van der Waals surface area contributed by atoms with Gasteiger partial charge in [-0.05, 0) is 18.6 Å². The second kappa shape index (κ2) is 7.42. The van der Waals surface area contributed by atoms with Crippen molar-refractivity contribution in [3.63, 3.8) is 0 Å². The van der Waals surface area contributed by atoms with E-state index in [2.05, 4.69) is 15.6 Å². The molecule has 0 spiro atoms. The van der Waals surface area contributed by atoms with Gasteiger partial charge in [-0.25, -0.2) is 9.78 Å². The predicted octanol–water partition coefficient (Wildman–Crippen LogP) is 3.33. The maximum Gasteiger partial charge on any atom is 0.416 e. The number of carbonyl (C=O) groups is 1. The van der Waals surface area contributed by atoms with Crippen molar-refractivity contribution in [1.29, 1.82) is 0 Å². The molecule has 0 fully saturated rings. The minimum atomic E-state index is -4.42. The molecular formula is C14H14F3N3O2S. The van der Waals surface area contributed by atoms with Gasteiger partial charge in [-0.15, -0.1) is 11.3 Å². The number of anilines is 1. The van der Waals surface area contributed by atoms with Gasteiger partial charge in [0.2, 0.25) is 0 Å². The van der Waals surface area contributed by atoms with Crippen LogP contribution in [0.5, 0.6) is 0 Å². The third kappa shape index (κ3) is 4.93. The van der Waals surface area contributed by atoms with Gasteiger partial charge in [0.1, 0.15) is 0 Å².